The minimum Gasteiger partial charge on any atom is -0.351 e. The van der Waals surface area contributed by atoms with Crippen LogP contribution in [0.2, 0.25) is 0 Å². The minimum absolute atomic E-state index is 0.193. The molecule has 0 aliphatic carbocycles. The van der Waals surface area contributed by atoms with Crippen molar-refractivity contribution < 1.29 is 9.59 Å². The van der Waals surface area contributed by atoms with E-state index in [1.165, 1.54) is 5.56 Å². The molecular weight excluding hydrogens is 354 g/mol. The summed E-state index contributed by atoms with van der Waals surface area (Å²) in [5.74, 6) is -0.193. The lowest BCUT2D eigenvalue weighted by Gasteiger charge is -2.32. The zero-order valence-corrected chi connectivity index (χ0v) is 16.1. The summed E-state index contributed by atoms with van der Waals surface area (Å²) in [4.78, 5) is 28.2. The standard InChI is InChI=1S/C21H27N5O2/c1-25-11-13-26(14-12-25)10-9-16-5-7-17(8-6-16)20(27)23-18-3-2-4-19(15-18)24-21(22)28/h2-8,15H,9-14H2,1H3,(H,23,27)(H3,22,24,28). The van der Waals surface area contributed by atoms with E-state index in [1.807, 2.05) is 24.3 Å². The van der Waals surface area contributed by atoms with E-state index in [1.54, 1.807) is 24.3 Å². The van der Waals surface area contributed by atoms with E-state index in [0.29, 0.717) is 16.9 Å². The van der Waals surface area contributed by atoms with Crippen LogP contribution in [0.4, 0.5) is 16.2 Å². The van der Waals surface area contributed by atoms with Gasteiger partial charge in [-0.25, -0.2) is 4.79 Å². The molecule has 0 radical (unpaired) electrons. The summed E-state index contributed by atoms with van der Waals surface area (Å²) in [7, 11) is 2.16. The second-order valence-electron chi connectivity index (χ2n) is 7.12. The quantitative estimate of drug-likeness (QED) is 0.716. The number of primary amides is 1. The summed E-state index contributed by atoms with van der Waals surface area (Å²) in [5.41, 5.74) is 8.06. The Morgan fingerprint density at radius 3 is 2.25 bits per heavy atom. The number of nitrogens with two attached hydrogens (primary N) is 1. The first-order chi connectivity index (χ1) is 13.5. The van der Waals surface area contributed by atoms with Crippen molar-refractivity contribution in [1.29, 1.82) is 0 Å². The van der Waals surface area contributed by atoms with E-state index in [0.717, 1.165) is 39.1 Å². The summed E-state index contributed by atoms with van der Waals surface area (Å²) >= 11 is 0. The zero-order chi connectivity index (χ0) is 19.9. The molecule has 7 heteroatoms. The van der Waals surface area contributed by atoms with Gasteiger partial charge in [0.05, 0.1) is 0 Å². The number of likely N-dealkylation sites (N-methyl/N-ethyl adjacent to an activating group) is 1. The molecule has 148 valence electrons. The molecule has 28 heavy (non-hydrogen) atoms. The van der Waals surface area contributed by atoms with Gasteiger partial charge in [-0.05, 0) is 49.4 Å². The van der Waals surface area contributed by atoms with Crippen LogP contribution in [-0.4, -0.2) is 61.5 Å². The molecule has 2 aromatic rings. The van der Waals surface area contributed by atoms with Crippen molar-refractivity contribution in [3.63, 3.8) is 0 Å². The molecule has 1 aliphatic rings. The number of carbonyl (C=O) groups is 2. The second kappa shape index (κ2) is 9.34. The van der Waals surface area contributed by atoms with Gasteiger partial charge in [0, 0.05) is 49.7 Å². The molecule has 7 nitrogen and oxygen atoms in total. The highest BCUT2D eigenvalue weighted by Crippen LogP contribution is 2.16. The van der Waals surface area contributed by atoms with Gasteiger partial charge in [0.25, 0.3) is 5.91 Å². The summed E-state index contributed by atoms with van der Waals surface area (Å²) in [5, 5.41) is 5.33. The Labute approximate surface area is 165 Å². The number of nitrogens with zero attached hydrogens (tertiary/aromatic N) is 2. The number of rotatable bonds is 6. The third-order valence-electron chi connectivity index (χ3n) is 4.92. The van der Waals surface area contributed by atoms with Gasteiger partial charge in [-0.1, -0.05) is 18.2 Å². The number of benzene rings is 2. The van der Waals surface area contributed by atoms with E-state index in [-0.39, 0.29) is 5.91 Å². The normalized spacial score (nSPS) is 15.2. The van der Waals surface area contributed by atoms with Crippen molar-refractivity contribution in [3.8, 4) is 0 Å². The predicted molar refractivity (Wildman–Crippen MR) is 112 cm³/mol. The third-order valence-corrected chi connectivity index (χ3v) is 4.92. The highest BCUT2D eigenvalue weighted by molar-refractivity contribution is 6.04. The minimum atomic E-state index is -0.643. The molecule has 3 amide bonds. The first-order valence-corrected chi connectivity index (χ1v) is 9.47. The van der Waals surface area contributed by atoms with E-state index in [2.05, 4.69) is 27.5 Å². The van der Waals surface area contributed by atoms with Gasteiger partial charge in [-0.2, -0.15) is 0 Å². The Hall–Kier alpha value is -2.90. The maximum Gasteiger partial charge on any atom is 0.316 e. The number of nitrogens with one attached hydrogen (secondary N) is 2. The van der Waals surface area contributed by atoms with Gasteiger partial charge in [-0.3, -0.25) is 4.79 Å². The highest BCUT2D eigenvalue weighted by atomic mass is 16.2. The van der Waals surface area contributed by atoms with E-state index in [4.69, 9.17) is 5.73 Å². The smallest absolute Gasteiger partial charge is 0.316 e. The number of amides is 3. The van der Waals surface area contributed by atoms with Crippen molar-refractivity contribution in [2.45, 2.75) is 6.42 Å². The third kappa shape index (κ3) is 5.80. The molecule has 1 aliphatic heterocycles. The number of hydrogen-bond acceptors (Lipinski definition) is 4. The molecule has 2 aromatic carbocycles. The van der Waals surface area contributed by atoms with Gasteiger partial charge in [0.2, 0.25) is 0 Å². The fourth-order valence-electron chi connectivity index (χ4n) is 3.20. The second-order valence-corrected chi connectivity index (χ2v) is 7.12. The zero-order valence-electron chi connectivity index (χ0n) is 16.1. The molecule has 1 fully saturated rings. The maximum absolute atomic E-state index is 12.5. The molecule has 0 spiro atoms. The van der Waals surface area contributed by atoms with Crippen molar-refractivity contribution in [1.82, 2.24) is 9.80 Å². The lowest BCUT2D eigenvalue weighted by Crippen LogP contribution is -2.45. The number of anilines is 2. The Kier molecular flexibility index (Phi) is 6.62. The van der Waals surface area contributed by atoms with E-state index >= 15 is 0 Å². The molecule has 0 bridgehead atoms. The molecule has 3 rings (SSSR count). The molecule has 0 unspecified atom stereocenters. The van der Waals surface area contributed by atoms with Crippen LogP contribution in [0.1, 0.15) is 15.9 Å². The van der Waals surface area contributed by atoms with Crippen molar-refractivity contribution >= 4 is 23.3 Å². The van der Waals surface area contributed by atoms with Gasteiger partial charge in [-0.15, -0.1) is 0 Å². The van der Waals surface area contributed by atoms with Gasteiger partial charge < -0.3 is 26.2 Å². The van der Waals surface area contributed by atoms with Crippen molar-refractivity contribution in [2.24, 2.45) is 5.73 Å². The molecule has 4 N–H and O–H groups in total. The largest absolute Gasteiger partial charge is 0.351 e. The van der Waals surface area contributed by atoms with Crippen LogP contribution in [-0.2, 0) is 6.42 Å². The van der Waals surface area contributed by atoms with E-state index < -0.39 is 6.03 Å². The first-order valence-electron chi connectivity index (χ1n) is 9.47. The molecular formula is C21H27N5O2. The monoisotopic (exact) mass is 381 g/mol. The van der Waals surface area contributed by atoms with Crippen LogP contribution in [0.25, 0.3) is 0 Å². The molecule has 0 aromatic heterocycles. The van der Waals surface area contributed by atoms with Gasteiger partial charge >= 0.3 is 6.03 Å². The van der Waals surface area contributed by atoms with Crippen LogP contribution in [0.3, 0.4) is 0 Å². The van der Waals surface area contributed by atoms with Crippen molar-refractivity contribution in [2.75, 3.05) is 50.4 Å². The maximum atomic E-state index is 12.5. The van der Waals surface area contributed by atoms with Crippen LogP contribution in [0, 0.1) is 0 Å². The number of carbonyl (C=O) groups excluding carboxylic acids is 2. The molecule has 1 saturated heterocycles. The Bertz CT molecular complexity index is 814. The summed E-state index contributed by atoms with van der Waals surface area (Å²) < 4.78 is 0. The lowest BCUT2D eigenvalue weighted by atomic mass is 10.1. The molecule has 1 heterocycles. The van der Waals surface area contributed by atoms with Crippen molar-refractivity contribution in [3.05, 3.63) is 59.7 Å². The highest BCUT2D eigenvalue weighted by Gasteiger charge is 2.13. The van der Waals surface area contributed by atoms with Crippen LogP contribution in [0.15, 0.2) is 48.5 Å². The molecule has 0 saturated carbocycles. The fraction of sp³-hybridized carbons (Fsp3) is 0.333. The molecule has 0 atom stereocenters. The topological polar surface area (TPSA) is 90.7 Å². The van der Waals surface area contributed by atoms with E-state index in [9.17, 15) is 9.59 Å². The SMILES string of the molecule is CN1CCN(CCc2ccc(C(=O)Nc3cccc(NC(N)=O)c3)cc2)CC1. The summed E-state index contributed by atoms with van der Waals surface area (Å²) in [6.07, 6.45) is 0.979. The average Bonchev–Trinajstić information content (AvgIpc) is 2.68. The van der Waals surface area contributed by atoms with Crippen LogP contribution >= 0.6 is 0 Å². The van der Waals surface area contributed by atoms with Crippen LogP contribution < -0.4 is 16.4 Å². The Morgan fingerprint density at radius 2 is 1.61 bits per heavy atom. The Balaban J connectivity index is 1.53. The lowest BCUT2D eigenvalue weighted by molar-refractivity contribution is 0.102. The number of urea groups is 1. The summed E-state index contributed by atoms with van der Waals surface area (Å²) in [6, 6.07) is 13.9. The first kappa shape index (κ1) is 19.9. The van der Waals surface area contributed by atoms with Gasteiger partial charge in [0.15, 0.2) is 0 Å². The number of hydrogen-bond donors (Lipinski definition) is 3. The van der Waals surface area contributed by atoms with Gasteiger partial charge in [0.1, 0.15) is 0 Å². The Morgan fingerprint density at radius 1 is 0.964 bits per heavy atom. The predicted octanol–water partition coefficient (Wildman–Crippen LogP) is 2.22. The fourth-order valence-corrected chi connectivity index (χ4v) is 3.20. The summed E-state index contributed by atoms with van der Waals surface area (Å²) in [6.45, 7) is 5.50. The number of piperazine rings is 1. The van der Waals surface area contributed by atoms with Crippen LogP contribution in [0.5, 0.6) is 0 Å². The average molecular weight is 381 g/mol.